The molecule has 3 nitrogen and oxygen atoms in total. The maximum Gasteiger partial charge on any atom is 0.416 e. The average Bonchev–Trinajstić information content (AvgIpc) is 2.81. The van der Waals surface area contributed by atoms with Crippen molar-refractivity contribution in [2.75, 3.05) is 11.9 Å². The number of hydrogen-bond acceptors (Lipinski definition) is 4. The molecular weight excluding hydrogens is 287 g/mol. The minimum atomic E-state index is -4.29. The molecule has 0 amide bonds. The molecule has 0 fully saturated rings. The van der Waals surface area contributed by atoms with Gasteiger partial charge in [0.2, 0.25) is 5.13 Å². The fourth-order valence-corrected chi connectivity index (χ4v) is 2.31. The molecule has 0 aliphatic carbocycles. The molecule has 1 heterocycles. The van der Waals surface area contributed by atoms with Crippen LogP contribution >= 0.6 is 11.5 Å². The van der Waals surface area contributed by atoms with Gasteiger partial charge in [0.1, 0.15) is 5.82 Å². The van der Waals surface area contributed by atoms with Crippen molar-refractivity contribution in [2.45, 2.75) is 25.9 Å². The first-order valence-corrected chi connectivity index (χ1v) is 6.85. The molecule has 0 saturated heterocycles. The van der Waals surface area contributed by atoms with E-state index in [1.165, 1.54) is 23.7 Å². The van der Waals surface area contributed by atoms with Crippen LogP contribution in [-0.2, 0) is 6.18 Å². The lowest BCUT2D eigenvalue weighted by molar-refractivity contribution is -0.137. The summed E-state index contributed by atoms with van der Waals surface area (Å²) in [5, 5.41) is 3.85. The van der Waals surface area contributed by atoms with Gasteiger partial charge >= 0.3 is 6.18 Å². The predicted octanol–water partition coefficient (Wildman–Crippen LogP) is 4.08. The minimum Gasteiger partial charge on any atom is -0.360 e. The monoisotopic (exact) mass is 301 g/mol. The van der Waals surface area contributed by atoms with E-state index in [2.05, 4.69) is 14.7 Å². The first-order chi connectivity index (χ1) is 9.36. The van der Waals surface area contributed by atoms with E-state index in [9.17, 15) is 13.2 Å². The molecule has 0 saturated carbocycles. The van der Waals surface area contributed by atoms with E-state index in [0.29, 0.717) is 12.4 Å². The Bertz CT molecular complexity index is 563. The summed E-state index contributed by atoms with van der Waals surface area (Å²) in [6, 6.07) is 5.25. The van der Waals surface area contributed by atoms with Crippen LogP contribution in [0.3, 0.4) is 0 Å². The zero-order valence-corrected chi connectivity index (χ0v) is 11.8. The summed E-state index contributed by atoms with van der Waals surface area (Å²) >= 11 is 1.27. The summed E-state index contributed by atoms with van der Waals surface area (Å²) < 4.78 is 41.4. The van der Waals surface area contributed by atoms with Gasteiger partial charge in [-0.05, 0) is 30.5 Å². The molecule has 0 radical (unpaired) electrons. The van der Waals surface area contributed by atoms with Gasteiger partial charge in [-0.15, -0.1) is 0 Å². The first kappa shape index (κ1) is 14.8. The van der Waals surface area contributed by atoms with Crippen LogP contribution in [0.25, 0.3) is 0 Å². The predicted molar refractivity (Wildman–Crippen MR) is 73.0 cm³/mol. The Morgan fingerprint density at radius 2 is 1.90 bits per heavy atom. The van der Waals surface area contributed by atoms with Crippen molar-refractivity contribution < 1.29 is 13.2 Å². The van der Waals surface area contributed by atoms with Gasteiger partial charge in [-0.3, -0.25) is 0 Å². The zero-order valence-electron chi connectivity index (χ0n) is 11.0. The molecule has 1 unspecified atom stereocenters. The van der Waals surface area contributed by atoms with E-state index in [0.717, 1.165) is 22.8 Å². The van der Waals surface area contributed by atoms with Crippen molar-refractivity contribution in [3.63, 3.8) is 0 Å². The Labute approximate surface area is 119 Å². The number of nitrogens with one attached hydrogen (secondary N) is 1. The van der Waals surface area contributed by atoms with E-state index in [4.69, 9.17) is 0 Å². The normalized spacial score (nSPS) is 13.2. The number of aromatic nitrogens is 2. The van der Waals surface area contributed by atoms with Crippen molar-refractivity contribution in [1.82, 2.24) is 9.36 Å². The Balaban J connectivity index is 1.97. The molecule has 2 rings (SSSR count). The summed E-state index contributed by atoms with van der Waals surface area (Å²) in [4.78, 5) is 4.17. The van der Waals surface area contributed by atoms with Crippen LogP contribution < -0.4 is 5.32 Å². The van der Waals surface area contributed by atoms with Gasteiger partial charge in [-0.1, -0.05) is 19.1 Å². The molecule has 1 aromatic heterocycles. The fraction of sp³-hybridized carbons (Fsp3) is 0.385. The third kappa shape index (κ3) is 3.69. The largest absolute Gasteiger partial charge is 0.416 e. The highest BCUT2D eigenvalue weighted by molar-refractivity contribution is 7.09. The molecule has 1 aromatic carbocycles. The molecule has 20 heavy (non-hydrogen) atoms. The zero-order chi connectivity index (χ0) is 14.8. The molecule has 2 aromatic rings. The van der Waals surface area contributed by atoms with Gasteiger partial charge in [0.15, 0.2) is 0 Å². The summed E-state index contributed by atoms with van der Waals surface area (Å²) in [6.45, 7) is 4.35. The SMILES string of the molecule is Cc1nsc(NCC(C)c2ccc(C(F)(F)F)cc2)n1. The molecule has 0 bridgehead atoms. The van der Waals surface area contributed by atoms with Crippen molar-refractivity contribution >= 4 is 16.7 Å². The fourth-order valence-electron chi connectivity index (χ4n) is 1.73. The highest BCUT2D eigenvalue weighted by Gasteiger charge is 2.30. The van der Waals surface area contributed by atoms with Crippen LogP contribution in [0.4, 0.5) is 18.3 Å². The number of benzene rings is 1. The van der Waals surface area contributed by atoms with E-state index < -0.39 is 11.7 Å². The highest BCUT2D eigenvalue weighted by atomic mass is 32.1. The Kier molecular flexibility index (Phi) is 4.27. The first-order valence-electron chi connectivity index (χ1n) is 6.07. The second kappa shape index (κ2) is 5.78. The highest BCUT2D eigenvalue weighted by Crippen LogP contribution is 2.30. The Hall–Kier alpha value is -1.63. The van der Waals surface area contributed by atoms with Crippen LogP contribution in [0.5, 0.6) is 0 Å². The Morgan fingerprint density at radius 3 is 2.40 bits per heavy atom. The number of rotatable bonds is 4. The second-order valence-electron chi connectivity index (χ2n) is 4.55. The van der Waals surface area contributed by atoms with Crippen LogP contribution in [0.1, 0.15) is 29.8 Å². The van der Waals surface area contributed by atoms with Crippen molar-refractivity contribution in [3.8, 4) is 0 Å². The number of halogens is 3. The number of hydrogen-bond donors (Lipinski definition) is 1. The second-order valence-corrected chi connectivity index (χ2v) is 5.30. The Morgan fingerprint density at radius 1 is 1.25 bits per heavy atom. The van der Waals surface area contributed by atoms with Gasteiger partial charge in [0, 0.05) is 18.1 Å². The maximum atomic E-state index is 12.5. The van der Waals surface area contributed by atoms with Crippen molar-refractivity contribution in [2.24, 2.45) is 0 Å². The number of anilines is 1. The van der Waals surface area contributed by atoms with Crippen LogP contribution in [0.15, 0.2) is 24.3 Å². The van der Waals surface area contributed by atoms with Crippen LogP contribution in [0.2, 0.25) is 0 Å². The lowest BCUT2D eigenvalue weighted by atomic mass is 10.00. The van der Waals surface area contributed by atoms with E-state index in [1.54, 1.807) is 6.92 Å². The lowest BCUT2D eigenvalue weighted by Gasteiger charge is -2.13. The average molecular weight is 301 g/mol. The van der Waals surface area contributed by atoms with Gasteiger partial charge in [0.05, 0.1) is 5.56 Å². The van der Waals surface area contributed by atoms with Crippen LogP contribution in [0, 0.1) is 6.92 Å². The van der Waals surface area contributed by atoms with E-state index >= 15 is 0 Å². The minimum absolute atomic E-state index is 0.0847. The molecule has 0 aliphatic rings. The number of aryl methyl sites for hydroxylation is 1. The molecule has 7 heteroatoms. The van der Waals surface area contributed by atoms with Crippen molar-refractivity contribution in [3.05, 3.63) is 41.2 Å². The smallest absolute Gasteiger partial charge is 0.360 e. The number of alkyl halides is 3. The standard InChI is InChI=1S/C13H14F3N3S/c1-8(7-17-12-18-9(2)19-20-12)10-3-5-11(6-4-10)13(14,15)16/h3-6,8H,7H2,1-2H3,(H,17,18,19). The van der Waals surface area contributed by atoms with Crippen molar-refractivity contribution in [1.29, 1.82) is 0 Å². The summed E-state index contributed by atoms with van der Waals surface area (Å²) in [6.07, 6.45) is -4.29. The number of nitrogens with zero attached hydrogens (tertiary/aromatic N) is 2. The lowest BCUT2D eigenvalue weighted by Crippen LogP contribution is -2.10. The maximum absolute atomic E-state index is 12.5. The third-order valence-corrected chi connectivity index (χ3v) is 3.66. The quantitative estimate of drug-likeness (QED) is 0.924. The van der Waals surface area contributed by atoms with Gasteiger partial charge in [-0.25, -0.2) is 4.98 Å². The van der Waals surface area contributed by atoms with Gasteiger partial charge in [0.25, 0.3) is 0 Å². The molecule has 0 aliphatic heterocycles. The van der Waals surface area contributed by atoms with Crippen LogP contribution in [-0.4, -0.2) is 15.9 Å². The summed E-state index contributed by atoms with van der Waals surface area (Å²) in [7, 11) is 0. The van der Waals surface area contributed by atoms with E-state index in [1.807, 2.05) is 6.92 Å². The molecule has 108 valence electrons. The third-order valence-electron chi connectivity index (χ3n) is 2.89. The van der Waals surface area contributed by atoms with Gasteiger partial charge < -0.3 is 5.32 Å². The van der Waals surface area contributed by atoms with E-state index in [-0.39, 0.29) is 5.92 Å². The van der Waals surface area contributed by atoms with Gasteiger partial charge in [-0.2, -0.15) is 17.5 Å². The molecule has 0 spiro atoms. The molecule has 1 atom stereocenters. The summed E-state index contributed by atoms with van der Waals surface area (Å²) in [5.41, 5.74) is 0.230. The topological polar surface area (TPSA) is 37.8 Å². The summed E-state index contributed by atoms with van der Waals surface area (Å²) in [5.74, 6) is 0.793. The molecular formula is C13H14F3N3S. The molecule has 1 N–H and O–H groups in total.